The second-order valence-electron chi connectivity index (χ2n) is 8.00. The standard InChI is InChI=1S/C20H29F3N2O2/c21-20(22,23)27-17-8-4-6-15(12-17)18(19(26)9-2-1-3-10-19)14-25-11-5-7-16(24)13-25/h4,6,8,12,16,18,26H,1-3,5,7,9-11,13-14,24H2/t16-,18?/m0/s1. The van der Waals surface area contributed by atoms with Gasteiger partial charge in [-0.3, -0.25) is 0 Å². The minimum atomic E-state index is -4.73. The largest absolute Gasteiger partial charge is 0.573 e. The lowest BCUT2D eigenvalue weighted by molar-refractivity contribution is -0.274. The minimum Gasteiger partial charge on any atom is -0.406 e. The zero-order chi connectivity index (χ0) is 19.5. The minimum absolute atomic E-state index is 0.111. The quantitative estimate of drug-likeness (QED) is 0.808. The highest BCUT2D eigenvalue weighted by atomic mass is 19.4. The average molecular weight is 386 g/mol. The third kappa shape index (κ3) is 5.59. The van der Waals surface area contributed by atoms with Gasteiger partial charge in [0.1, 0.15) is 5.75 Å². The number of rotatable bonds is 5. The van der Waals surface area contributed by atoms with Crippen LogP contribution in [0.3, 0.4) is 0 Å². The normalized spacial score (nSPS) is 25.1. The van der Waals surface area contributed by atoms with E-state index in [0.717, 1.165) is 45.2 Å². The number of hydrogen-bond donors (Lipinski definition) is 2. The second-order valence-corrected chi connectivity index (χ2v) is 8.00. The van der Waals surface area contributed by atoms with Crippen LogP contribution in [0.15, 0.2) is 24.3 Å². The Bertz CT molecular complexity index is 617. The van der Waals surface area contributed by atoms with E-state index >= 15 is 0 Å². The van der Waals surface area contributed by atoms with Crippen LogP contribution in [-0.4, -0.2) is 47.6 Å². The van der Waals surface area contributed by atoms with Gasteiger partial charge in [0.25, 0.3) is 0 Å². The molecule has 4 nitrogen and oxygen atoms in total. The van der Waals surface area contributed by atoms with E-state index in [1.165, 1.54) is 12.1 Å². The van der Waals surface area contributed by atoms with Crippen LogP contribution in [0.4, 0.5) is 13.2 Å². The van der Waals surface area contributed by atoms with Gasteiger partial charge in [-0.2, -0.15) is 0 Å². The van der Waals surface area contributed by atoms with Gasteiger partial charge < -0.3 is 20.5 Å². The number of nitrogens with two attached hydrogens (primary N) is 1. The molecule has 0 spiro atoms. The highest BCUT2D eigenvalue weighted by molar-refractivity contribution is 5.33. The molecule has 1 saturated carbocycles. The van der Waals surface area contributed by atoms with E-state index in [-0.39, 0.29) is 17.7 Å². The van der Waals surface area contributed by atoms with Crippen molar-refractivity contribution in [1.82, 2.24) is 4.90 Å². The van der Waals surface area contributed by atoms with E-state index in [1.807, 2.05) is 0 Å². The fraction of sp³-hybridized carbons (Fsp3) is 0.700. The fourth-order valence-corrected chi connectivity index (χ4v) is 4.54. The Kier molecular flexibility index (Phi) is 6.33. The molecule has 0 bridgehead atoms. The van der Waals surface area contributed by atoms with Gasteiger partial charge in [-0.1, -0.05) is 31.4 Å². The summed E-state index contributed by atoms with van der Waals surface area (Å²) in [5.41, 5.74) is 5.88. The molecule has 1 aromatic rings. The van der Waals surface area contributed by atoms with Crippen LogP contribution in [0.1, 0.15) is 56.4 Å². The van der Waals surface area contributed by atoms with Crippen molar-refractivity contribution in [3.05, 3.63) is 29.8 Å². The van der Waals surface area contributed by atoms with Crippen LogP contribution >= 0.6 is 0 Å². The molecule has 0 radical (unpaired) electrons. The van der Waals surface area contributed by atoms with Crippen LogP contribution in [0.25, 0.3) is 0 Å². The lowest BCUT2D eigenvalue weighted by Gasteiger charge is -2.43. The maximum absolute atomic E-state index is 12.6. The van der Waals surface area contributed by atoms with E-state index in [0.29, 0.717) is 24.9 Å². The fourth-order valence-electron chi connectivity index (χ4n) is 4.54. The Morgan fingerprint density at radius 3 is 2.63 bits per heavy atom. The lowest BCUT2D eigenvalue weighted by Crippen LogP contribution is -2.49. The van der Waals surface area contributed by atoms with Crippen molar-refractivity contribution in [2.75, 3.05) is 19.6 Å². The second kappa shape index (κ2) is 8.37. The topological polar surface area (TPSA) is 58.7 Å². The molecule has 1 saturated heterocycles. The summed E-state index contributed by atoms with van der Waals surface area (Å²) in [7, 11) is 0. The number of halogens is 3. The molecule has 1 aliphatic heterocycles. The van der Waals surface area contributed by atoms with Gasteiger partial charge in [0.05, 0.1) is 5.60 Å². The molecule has 1 heterocycles. The summed E-state index contributed by atoms with van der Waals surface area (Å²) in [6.07, 6.45) is 1.56. The van der Waals surface area contributed by atoms with Gasteiger partial charge in [-0.25, -0.2) is 0 Å². The van der Waals surface area contributed by atoms with Crippen LogP contribution in [-0.2, 0) is 0 Å². The molecule has 3 rings (SSSR count). The summed E-state index contributed by atoms with van der Waals surface area (Å²) < 4.78 is 42.0. The zero-order valence-corrected chi connectivity index (χ0v) is 15.5. The molecule has 0 amide bonds. The summed E-state index contributed by atoms with van der Waals surface area (Å²) in [5, 5.41) is 11.4. The van der Waals surface area contributed by atoms with Crippen molar-refractivity contribution in [3.8, 4) is 5.75 Å². The summed E-state index contributed by atoms with van der Waals surface area (Å²) in [6, 6.07) is 6.20. The third-order valence-corrected chi connectivity index (χ3v) is 5.84. The van der Waals surface area contributed by atoms with Crippen molar-refractivity contribution in [2.45, 2.75) is 68.9 Å². The summed E-state index contributed by atoms with van der Waals surface area (Å²) >= 11 is 0. The van der Waals surface area contributed by atoms with Crippen LogP contribution < -0.4 is 10.5 Å². The first-order chi connectivity index (χ1) is 12.8. The smallest absolute Gasteiger partial charge is 0.406 e. The molecule has 1 unspecified atom stereocenters. The lowest BCUT2D eigenvalue weighted by atomic mass is 9.72. The molecule has 2 fully saturated rings. The first-order valence-corrected chi connectivity index (χ1v) is 9.81. The van der Waals surface area contributed by atoms with Gasteiger partial charge in [-0.15, -0.1) is 13.2 Å². The first kappa shape index (κ1) is 20.4. The Balaban J connectivity index is 1.86. The van der Waals surface area contributed by atoms with E-state index in [4.69, 9.17) is 5.73 Å². The van der Waals surface area contributed by atoms with Crippen LogP contribution in [0.5, 0.6) is 5.75 Å². The number of likely N-dealkylation sites (tertiary alicyclic amines) is 1. The third-order valence-electron chi connectivity index (χ3n) is 5.84. The molecule has 3 N–H and O–H groups in total. The molecule has 1 aromatic carbocycles. The van der Waals surface area contributed by atoms with Gasteiger partial charge in [-0.05, 0) is 49.9 Å². The van der Waals surface area contributed by atoms with E-state index in [1.54, 1.807) is 12.1 Å². The predicted molar refractivity (Wildman–Crippen MR) is 97.6 cm³/mol. The molecule has 152 valence electrons. The summed E-state index contributed by atoms with van der Waals surface area (Å²) in [5.74, 6) is -0.500. The monoisotopic (exact) mass is 386 g/mol. The van der Waals surface area contributed by atoms with Crippen molar-refractivity contribution in [2.24, 2.45) is 5.73 Å². The molecule has 1 aliphatic carbocycles. The van der Waals surface area contributed by atoms with Crippen molar-refractivity contribution in [1.29, 1.82) is 0 Å². The molecule has 27 heavy (non-hydrogen) atoms. The maximum atomic E-state index is 12.6. The molecular formula is C20H29F3N2O2. The molecular weight excluding hydrogens is 357 g/mol. The van der Waals surface area contributed by atoms with E-state index < -0.39 is 12.0 Å². The highest BCUT2D eigenvalue weighted by Gasteiger charge is 2.40. The zero-order valence-electron chi connectivity index (χ0n) is 15.5. The SMILES string of the molecule is N[C@H]1CCCN(CC(c2cccc(OC(F)(F)F)c2)C2(O)CCCCC2)C1. The Hall–Kier alpha value is -1.31. The maximum Gasteiger partial charge on any atom is 0.573 e. The molecule has 7 heteroatoms. The van der Waals surface area contributed by atoms with Crippen molar-refractivity contribution >= 4 is 0 Å². The Labute approximate surface area is 158 Å². The van der Waals surface area contributed by atoms with Gasteiger partial charge in [0.2, 0.25) is 0 Å². The molecule has 2 atom stereocenters. The molecule has 0 aromatic heterocycles. The number of nitrogens with zero attached hydrogens (tertiary/aromatic N) is 1. The predicted octanol–water partition coefficient (Wildman–Crippen LogP) is 3.79. The Morgan fingerprint density at radius 2 is 1.96 bits per heavy atom. The van der Waals surface area contributed by atoms with E-state index in [9.17, 15) is 18.3 Å². The highest BCUT2D eigenvalue weighted by Crippen LogP contribution is 2.41. The average Bonchev–Trinajstić information content (AvgIpc) is 2.59. The first-order valence-electron chi connectivity index (χ1n) is 9.81. The molecule has 2 aliphatic rings. The number of benzene rings is 1. The van der Waals surface area contributed by atoms with Crippen LogP contribution in [0, 0.1) is 0 Å². The Morgan fingerprint density at radius 1 is 1.22 bits per heavy atom. The summed E-state index contributed by atoms with van der Waals surface area (Å²) in [4.78, 5) is 2.24. The van der Waals surface area contributed by atoms with Crippen molar-refractivity contribution in [3.63, 3.8) is 0 Å². The number of ether oxygens (including phenoxy) is 1. The van der Waals surface area contributed by atoms with Crippen molar-refractivity contribution < 1.29 is 23.0 Å². The van der Waals surface area contributed by atoms with Crippen LogP contribution in [0.2, 0.25) is 0 Å². The number of aliphatic hydroxyl groups is 1. The number of alkyl halides is 3. The van der Waals surface area contributed by atoms with Gasteiger partial charge in [0.15, 0.2) is 0 Å². The van der Waals surface area contributed by atoms with Gasteiger partial charge >= 0.3 is 6.36 Å². The summed E-state index contributed by atoms with van der Waals surface area (Å²) in [6.45, 7) is 2.25. The van der Waals surface area contributed by atoms with E-state index in [2.05, 4.69) is 9.64 Å². The van der Waals surface area contributed by atoms with Gasteiger partial charge in [0, 0.05) is 25.0 Å². The number of piperidine rings is 1. The number of hydrogen-bond acceptors (Lipinski definition) is 4.